The molecule has 0 bridgehead atoms. The highest BCUT2D eigenvalue weighted by molar-refractivity contribution is 5.80. The summed E-state index contributed by atoms with van der Waals surface area (Å²) in [6.07, 6.45) is 10.7. The first-order chi connectivity index (χ1) is 14.0. The zero-order valence-corrected chi connectivity index (χ0v) is 20.6. The number of hydrogen-bond acceptors (Lipinski definition) is 4. The maximum atomic E-state index is 12.1. The molecule has 2 N–H and O–H groups in total. The van der Waals surface area contributed by atoms with E-state index in [4.69, 9.17) is 0 Å². The summed E-state index contributed by atoms with van der Waals surface area (Å²) < 4.78 is 0. The van der Waals surface area contributed by atoms with Gasteiger partial charge < -0.3 is 20.4 Å². The van der Waals surface area contributed by atoms with E-state index in [1.54, 1.807) is 0 Å². The number of rotatable bonds is 7. The molecule has 2 aliphatic heterocycles. The number of carbonyl (C=O) groups excluding carboxylic acids is 1. The molecule has 172 valence electrons. The average molecular weight is 419 g/mol. The number of carbonyl (C=O) groups is 1. The topological polar surface area (TPSA) is 47.6 Å². The third-order valence-corrected chi connectivity index (χ3v) is 6.19. The van der Waals surface area contributed by atoms with Crippen LogP contribution in [0.5, 0.6) is 0 Å². The quantitative estimate of drug-likeness (QED) is 0.615. The molecule has 2 saturated heterocycles. The number of piperidine rings is 1. The lowest BCUT2D eigenvalue weighted by molar-refractivity contribution is -0.127. The SMILES string of the molecule is C=C(C)/C=C\C(=C/C)N1CC(=O)NC2(CCNCC2)C1.CCC(C)(C)CCN(C)C. The van der Waals surface area contributed by atoms with Crippen molar-refractivity contribution >= 4 is 5.91 Å². The lowest BCUT2D eigenvalue weighted by Gasteiger charge is -2.46. The second-order valence-corrected chi connectivity index (χ2v) is 9.90. The van der Waals surface area contributed by atoms with E-state index in [1.165, 1.54) is 19.4 Å². The molecule has 1 amide bonds. The van der Waals surface area contributed by atoms with Crippen LogP contribution in [0.15, 0.2) is 36.1 Å². The molecule has 2 fully saturated rings. The summed E-state index contributed by atoms with van der Waals surface area (Å²) in [6.45, 7) is 19.3. The van der Waals surface area contributed by atoms with Crippen molar-refractivity contribution < 1.29 is 4.79 Å². The zero-order valence-electron chi connectivity index (χ0n) is 20.6. The van der Waals surface area contributed by atoms with Crippen LogP contribution in [0.25, 0.3) is 0 Å². The standard InChI is InChI=1S/C16H25N3O.C9H21N/c1-4-14(6-5-13(2)3)19-11-15(20)18-16(12-19)7-9-17-10-8-16;1-6-9(2,3)7-8-10(4)5/h4-6,17H,2,7-12H2,1,3H3,(H,18,20);6-8H2,1-5H3/b6-5-,14-4+;. The van der Waals surface area contributed by atoms with E-state index in [0.717, 1.165) is 43.7 Å². The van der Waals surface area contributed by atoms with Crippen LogP contribution in [-0.4, -0.2) is 68.1 Å². The molecule has 1 spiro atoms. The molecule has 0 aliphatic carbocycles. The molecule has 30 heavy (non-hydrogen) atoms. The lowest BCUT2D eigenvalue weighted by Crippen LogP contribution is -2.65. The van der Waals surface area contributed by atoms with Crippen LogP contribution in [-0.2, 0) is 4.79 Å². The van der Waals surface area contributed by atoms with Crippen molar-refractivity contribution in [1.29, 1.82) is 0 Å². The third kappa shape index (κ3) is 9.48. The Morgan fingerprint density at radius 2 is 1.90 bits per heavy atom. The molecule has 5 heteroatoms. The molecular formula is C25H46N4O. The second kappa shape index (κ2) is 12.3. The van der Waals surface area contributed by atoms with Gasteiger partial charge in [0.05, 0.1) is 12.1 Å². The summed E-state index contributed by atoms with van der Waals surface area (Å²) in [7, 11) is 4.26. The van der Waals surface area contributed by atoms with Gasteiger partial charge in [-0.1, -0.05) is 51.5 Å². The van der Waals surface area contributed by atoms with Crippen molar-refractivity contribution in [3.8, 4) is 0 Å². The summed E-state index contributed by atoms with van der Waals surface area (Å²) >= 11 is 0. The highest BCUT2D eigenvalue weighted by Gasteiger charge is 2.39. The van der Waals surface area contributed by atoms with Gasteiger partial charge in [0.25, 0.3) is 0 Å². The van der Waals surface area contributed by atoms with E-state index >= 15 is 0 Å². The number of amides is 1. The van der Waals surface area contributed by atoms with Gasteiger partial charge in [0.15, 0.2) is 0 Å². The van der Waals surface area contributed by atoms with E-state index in [-0.39, 0.29) is 11.4 Å². The molecular weight excluding hydrogens is 372 g/mol. The Kier molecular flexibility index (Phi) is 10.9. The van der Waals surface area contributed by atoms with Gasteiger partial charge in [-0.2, -0.15) is 0 Å². The monoisotopic (exact) mass is 418 g/mol. The van der Waals surface area contributed by atoms with Crippen LogP contribution in [0.3, 0.4) is 0 Å². The van der Waals surface area contributed by atoms with Crippen LogP contribution in [0, 0.1) is 5.41 Å². The van der Waals surface area contributed by atoms with Gasteiger partial charge in [-0.25, -0.2) is 0 Å². The van der Waals surface area contributed by atoms with Crippen LogP contribution in [0.1, 0.15) is 60.3 Å². The third-order valence-electron chi connectivity index (χ3n) is 6.19. The minimum absolute atomic E-state index is 0.0636. The molecule has 0 atom stereocenters. The molecule has 0 aromatic carbocycles. The highest BCUT2D eigenvalue weighted by Crippen LogP contribution is 2.25. The molecule has 5 nitrogen and oxygen atoms in total. The molecule has 0 aromatic heterocycles. The fraction of sp³-hybridized carbons (Fsp3) is 0.720. The summed E-state index contributed by atoms with van der Waals surface area (Å²) in [5.74, 6) is 0.126. The Morgan fingerprint density at radius 3 is 2.40 bits per heavy atom. The summed E-state index contributed by atoms with van der Waals surface area (Å²) in [4.78, 5) is 16.5. The lowest BCUT2D eigenvalue weighted by atomic mass is 9.86. The molecule has 2 rings (SSSR count). The summed E-state index contributed by atoms with van der Waals surface area (Å²) in [5.41, 5.74) is 2.58. The van der Waals surface area contributed by atoms with Crippen LogP contribution in [0.4, 0.5) is 0 Å². The first-order valence-corrected chi connectivity index (χ1v) is 11.4. The van der Waals surface area contributed by atoms with Crippen molar-refractivity contribution in [2.45, 2.75) is 65.8 Å². The van der Waals surface area contributed by atoms with Gasteiger partial charge in [0, 0.05) is 12.2 Å². The predicted molar refractivity (Wildman–Crippen MR) is 130 cm³/mol. The van der Waals surface area contributed by atoms with Crippen molar-refractivity contribution in [3.05, 3.63) is 36.1 Å². The maximum absolute atomic E-state index is 12.1. The summed E-state index contributed by atoms with van der Waals surface area (Å²) in [5, 5.41) is 6.58. The first kappa shape index (κ1) is 26.4. The number of hydrogen-bond donors (Lipinski definition) is 2. The predicted octanol–water partition coefficient (Wildman–Crippen LogP) is 3.95. The second-order valence-electron chi connectivity index (χ2n) is 9.90. The van der Waals surface area contributed by atoms with Crippen LogP contribution < -0.4 is 10.6 Å². The van der Waals surface area contributed by atoms with Crippen LogP contribution in [0.2, 0.25) is 0 Å². The molecule has 0 radical (unpaired) electrons. The Labute approximate surface area is 185 Å². The molecule has 2 heterocycles. The Bertz CT molecular complexity index is 613. The molecule has 2 aliphatic rings. The first-order valence-electron chi connectivity index (χ1n) is 11.4. The number of nitrogens with zero attached hydrogens (tertiary/aromatic N) is 2. The molecule has 0 aromatic rings. The Morgan fingerprint density at radius 1 is 1.27 bits per heavy atom. The maximum Gasteiger partial charge on any atom is 0.240 e. The van der Waals surface area contributed by atoms with Gasteiger partial charge in [0.1, 0.15) is 0 Å². The van der Waals surface area contributed by atoms with Gasteiger partial charge in [0.2, 0.25) is 5.91 Å². The Hall–Kier alpha value is -1.59. The van der Waals surface area contributed by atoms with Gasteiger partial charge in [-0.05, 0) is 78.3 Å². The average Bonchev–Trinajstić information content (AvgIpc) is 2.67. The number of piperazine rings is 1. The Balaban J connectivity index is 0.000000382. The van der Waals surface area contributed by atoms with E-state index in [2.05, 4.69) is 74.0 Å². The van der Waals surface area contributed by atoms with E-state index in [9.17, 15) is 4.79 Å². The number of nitrogens with one attached hydrogen (secondary N) is 2. The van der Waals surface area contributed by atoms with Crippen molar-refractivity contribution in [2.75, 3.05) is 46.8 Å². The van der Waals surface area contributed by atoms with Gasteiger partial charge in [-0.3, -0.25) is 4.79 Å². The van der Waals surface area contributed by atoms with E-state index in [0.29, 0.717) is 12.0 Å². The largest absolute Gasteiger partial charge is 0.360 e. The number of allylic oxidation sites excluding steroid dienone is 4. The summed E-state index contributed by atoms with van der Waals surface area (Å²) in [6, 6.07) is 0. The fourth-order valence-corrected chi connectivity index (χ4v) is 3.66. The van der Waals surface area contributed by atoms with Gasteiger partial charge in [-0.15, -0.1) is 0 Å². The van der Waals surface area contributed by atoms with Gasteiger partial charge >= 0.3 is 0 Å². The van der Waals surface area contributed by atoms with Crippen molar-refractivity contribution in [3.63, 3.8) is 0 Å². The normalized spacial score (nSPS) is 19.7. The molecule has 0 unspecified atom stereocenters. The smallest absolute Gasteiger partial charge is 0.240 e. The van der Waals surface area contributed by atoms with Crippen molar-refractivity contribution in [2.24, 2.45) is 5.41 Å². The van der Waals surface area contributed by atoms with Crippen LogP contribution >= 0.6 is 0 Å². The minimum atomic E-state index is -0.0636. The van der Waals surface area contributed by atoms with Crippen molar-refractivity contribution in [1.82, 2.24) is 20.4 Å². The molecule has 0 saturated carbocycles. The zero-order chi connectivity index (χ0) is 22.8. The van der Waals surface area contributed by atoms with E-state index < -0.39 is 0 Å². The minimum Gasteiger partial charge on any atom is -0.360 e. The van der Waals surface area contributed by atoms with E-state index in [1.807, 2.05) is 19.9 Å². The fourth-order valence-electron chi connectivity index (χ4n) is 3.66. The highest BCUT2D eigenvalue weighted by atomic mass is 16.2.